The van der Waals surface area contributed by atoms with Gasteiger partial charge in [-0.25, -0.2) is 0 Å². The lowest BCUT2D eigenvalue weighted by Crippen LogP contribution is -2.30. The van der Waals surface area contributed by atoms with E-state index in [2.05, 4.69) is 43.5 Å². The average Bonchev–Trinajstić information content (AvgIpc) is 2.51. The molecule has 0 aliphatic heterocycles. The molecule has 2 N–H and O–H groups in total. The van der Waals surface area contributed by atoms with Gasteiger partial charge in [-0.2, -0.15) is 0 Å². The lowest BCUT2D eigenvalue weighted by Gasteiger charge is -2.18. The molecular formula is C18H22N2OS. The Balaban J connectivity index is 1.96. The van der Waals surface area contributed by atoms with Crippen LogP contribution >= 0.6 is 12.2 Å². The van der Waals surface area contributed by atoms with Gasteiger partial charge in [0.05, 0.1) is 13.2 Å². The molecule has 2 aromatic carbocycles. The summed E-state index contributed by atoms with van der Waals surface area (Å²) in [5.74, 6) is 0.854. The van der Waals surface area contributed by atoms with E-state index in [1.165, 1.54) is 11.1 Å². The third-order valence-corrected chi connectivity index (χ3v) is 3.95. The Hall–Kier alpha value is -2.07. The number of aryl methyl sites for hydroxylation is 2. The van der Waals surface area contributed by atoms with Crippen molar-refractivity contribution in [3.05, 3.63) is 59.2 Å². The molecule has 0 saturated heterocycles. The second kappa shape index (κ2) is 7.27. The molecule has 0 aliphatic rings. The van der Waals surface area contributed by atoms with Gasteiger partial charge < -0.3 is 15.4 Å². The summed E-state index contributed by atoms with van der Waals surface area (Å²) in [4.78, 5) is 0. The molecule has 0 aliphatic carbocycles. The van der Waals surface area contributed by atoms with Crippen LogP contribution in [0.25, 0.3) is 0 Å². The Labute approximate surface area is 137 Å². The van der Waals surface area contributed by atoms with Gasteiger partial charge in [0, 0.05) is 5.69 Å². The van der Waals surface area contributed by atoms with E-state index < -0.39 is 0 Å². The third kappa shape index (κ3) is 4.21. The van der Waals surface area contributed by atoms with Crippen LogP contribution in [0.1, 0.15) is 29.7 Å². The van der Waals surface area contributed by atoms with Crippen molar-refractivity contribution in [2.24, 2.45) is 0 Å². The first kappa shape index (κ1) is 16.3. The van der Waals surface area contributed by atoms with Crippen molar-refractivity contribution in [2.75, 3.05) is 12.4 Å². The maximum absolute atomic E-state index is 5.39. The Kier molecular flexibility index (Phi) is 5.39. The minimum atomic E-state index is 0.123. The molecule has 22 heavy (non-hydrogen) atoms. The Bertz CT molecular complexity index is 653. The fourth-order valence-corrected chi connectivity index (χ4v) is 2.45. The van der Waals surface area contributed by atoms with Gasteiger partial charge in [0.1, 0.15) is 5.75 Å². The smallest absolute Gasteiger partial charge is 0.171 e. The van der Waals surface area contributed by atoms with E-state index in [0.29, 0.717) is 5.11 Å². The minimum absolute atomic E-state index is 0.123. The zero-order valence-electron chi connectivity index (χ0n) is 13.4. The van der Waals surface area contributed by atoms with Gasteiger partial charge in [0.15, 0.2) is 5.11 Å². The first-order chi connectivity index (χ1) is 10.5. The van der Waals surface area contributed by atoms with Gasteiger partial charge in [0.25, 0.3) is 0 Å². The first-order valence-electron chi connectivity index (χ1n) is 7.28. The highest BCUT2D eigenvalue weighted by atomic mass is 32.1. The number of nitrogens with one attached hydrogen (secondary N) is 2. The number of ether oxygens (including phenoxy) is 1. The van der Waals surface area contributed by atoms with Crippen molar-refractivity contribution in [3.8, 4) is 5.75 Å². The number of hydrogen-bond donors (Lipinski definition) is 2. The van der Waals surface area contributed by atoms with E-state index in [4.69, 9.17) is 17.0 Å². The number of methoxy groups -OCH3 is 1. The van der Waals surface area contributed by atoms with Crippen LogP contribution in [0.3, 0.4) is 0 Å². The molecule has 0 bridgehead atoms. The molecule has 2 aromatic rings. The number of hydrogen-bond acceptors (Lipinski definition) is 2. The molecule has 0 amide bonds. The van der Waals surface area contributed by atoms with E-state index in [1.54, 1.807) is 7.11 Å². The van der Waals surface area contributed by atoms with Crippen molar-refractivity contribution >= 4 is 23.0 Å². The molecule has 4 heteroatoms. The molecular weight excluding hydrogens is 292 g/mol. The van der Waals surface area contributed by atoms with Gasteiger partial charge in [-0.15, -0.1) is 0 Å². The lowest BCUT2D eigenvalue weighted by molar-refractivity contribution is 0.414. The average molecular weight is 314 g/mol. The topological polar surface area (TPSA) is 33.3 Å². The third-order valence-electron chi connectivity index (χ3n) is 3.73. The van der Waals surface area contributed by atoms with Crippen LogP contribution in [0.2, 0.25) is 0 Å². The maximum atomic E-state index is 5.39. The molecule has 116 valence electrons. The second-order valence-electron chi connectivity index (χ2n) is 5.39. The molecule has 2 rings (SSSR count). The molecule has 0 aromatic heterocycles. The van der Waals surface area contributed by atoms with Crippen molar-refractivity contribution in [1.29, 1.82) is 0 Å². The van der Waals surface area contributed by atoms with Crippen molar-refractivity contribution in [2.45, 2.75) is 26.8 Å². The van der Waals surface area contributed by atoms with Crippen LogP contribution in [0.5, 0.6) is 5.75 Å². The molecule has 0 fully saturated rings. The summed E-state index contributed by atoms with van der Waals surface area (Å²) in [6.45, 7) is 6.27. The van der Waals surface area contributed by atoms with Crippen LogP contribution in [-0.2, 0) is 0 Å². The Morgan fingerprint density at radius 1 is 1.05 bits per heavy atom. The van der Waals surface area contributed by atoms with E-state index in [-0.39, 0.29) is 6.04 Å². The fraction of sp³-hybridized carbons (Fsp3) is 0.278. The van der Waals surface area contributed by atoms with Crippen LogP contribution in [0.4, 0.5) is 5.69 Å². The van der Waals surface area contributed by atoms with Gasteiger partial charge in [-0.3, -0.25) is 0 Å². The molecule has 0 radical (unpaired) electrons. The van der Waals surface area contributed by atoms with Gasteiger partial charge in [-0.05, 0) is 73.9 Å². The predicted octanol–water partition coefficient (Wildman–Crippen LogP) is 4.36. The summed E-state index contributed by atoms with van der Waals surface area (Å²) in [6, 6.07) is 14.3. The van der Waals surface area contributed by atoms with Crippen LogP contribution in [0, 0.1) is 13.8 Å². The van der Waals surface area contributed by atoms with E-state index >= 15 is 0 Å². The highest BCUT2D eigenvalue weighted by Gasteiger charge is 2.07. The molecule has 0 heterocycles. The predicted molar refractivity (Wildman–Crippen MR) is 96.7 cm³/mol. The Morgan fingerprint density at radius 2 is 1.73 bits per heavy atom. The standard InChI is InChI=1S/C18H22N2OS/c1-12-5-8-16(11-13(12)2)20-18(22)19-14(3)15-6-9-17(21-4)10-7-15/h5-11,14H,1-4H3,(H2,19,20,22). The number of benzene rings is 2. The van der Waals surface area contributed by atoms with Gasteiger partial charge in [0.2, 0.25) is 0 Å². The maximum Gasteiger partial charge on any atom is 0.171 e. The quantitative estimate of drug-likeness (QED) is 0.822. The van der Waals surface area contributed by atoms with Gasteiger partial charge in [-0.1, -0.05) is 18.2 Å². The molecule has 3 nitrogen and oxygen atoms in total. The summed E-state index contributed by atoms with van der Waals surface area (Å²) in [7, 11) is 1.67. The molecule has 0 saturated carbocycles. The highest BCUT2D eigenvalue weighted by Crippen LogP contribution is 2.18. The molecule has 1 atom stereocenters. The summed E-state index contributed by atoms with van der Waals surface area (Å²) in [6.07, 6.45) is 0. The summed E-state index contributed by atoms with van der Waals surface area (Å²) in [5.41, 5.74) is 4.68. The molecule has 0 spiro atoms. The van der Waals surface area contributed by atoms with Crippen molar-refractivity contribution in [3.63, 3.8) is 0 Å². The first-order valence-corrected chi connectivity index (χ1v) is 7.69. The van der Waals surface area contributed by atoms with Crippen molar-refractivity contribution in [1.82, 2.24) is 5.32 Å². The van der Waals surface area contributed by atoms with Crippen LogP contribution in [0.15, 0.2) is 42.5 Å². The largest absolute Gasteiger partial charge is 0.497 e. The zero-order valence-corrected chi connectivity index (χ0v) is 14.3. The van der Waals surface area contributed by atoms with Crippen molar-refractivity contribution < 1.29 is 4.74 Å². The summed E-state index contributed by atoms with van der Waals surface area (Å²) < 4.78 is 5.17. The second-order valence-corrected chi connectivity index (χ2v) is 5.80. The summed E-state index contributed by atoms with van der Waals surface area (Å²) in [5, 5.41) is 7.14. The molecule has 1 unspecified atom stereocenters. The van der Waals surface area contributed by atoms with Crippen LogP contribution in [-0.4, -0.2) is 12.2 Å². The monoisotopic (exact) mass is 314 g/mol. The summed E-state index contributed by atoms with van der Waals surface area (Å²) >= 11 is 5.39. The van der Waals surface area contributed by atoms with E-state index in [1.807, 2.05) is 30.3 Å². The Morgan fingerprint density at radius 3 is 2.32 bits per heavy atom. The lowest BCUT2D eigenvalue weighted by atomic mass is 10.1. The number of anilines is 1. The number of thiocarbonyl (C=S) groups is 1. The fourth-order valence-electron chi connectivity index (χ4n) is 2.16. The number of rotatable bonds is 4. The zero-order chi connectivity index (χ0) is 16.1. The van der Waals surface area contributed by atoms with E-state index in [9.17, 15) is 0 Å². The highest BCUT2D eigenvalue weighted by molar-refractivity contribution is 7.80. The van der Waals surface area contributed by atoms with E-state index in [0.717, 1.165) is 17.0 Å². The minimum Gasteiger partial charge on any atom is -0.497 e. The normalized spacial score (nSPS) is 11.6. The SMILES string of the molecule is COc1ccc(C(C)NC(=S)Nc2ccc(C)c(C)c2)cc1. The van der Waals surface area contributed by atoms with Gasteiger partial charge >= 0.3 is 0 Å². The van der Waals surface area contributed by atoms with Crippen LogP contribution < -0.4 is 15.4 Å².